The zero-order chi connectivity index (χ0) is 14.4. The summed E-state index contributed by atoms with van der Waals surface area (Å²) < 4.78 is 12.6. The molecule has 0 unspecified atom stereocenters. The molecule has 20 heavy (non-hydrogen) atoms. The van der Waals surface area contributed by atoms with Gasteiger partial charge in [0.15, 0.2) is 0 Å². The Hall–Kier alpha value is -2.17. The molecule has 2 rings (SSSR count). The van der Waals surface area contributed by atoms with Crippen molar-refractivity contribution in [3.8, 4) is 11.5 Å². The van der Waals surface area contributed by atoms with Crippen molar-refractivity contribution in [3.63, 3.8) is 0 Å². The first-order valence-electron chi connectivity index (χ1n) is 6.75. The van der Waals surface area contributed by atoms with Crippen LogP contribution >= 0.6 is 0 Å². The first-order chi connectivity index (χ1) is 9.78. The minimum atomic E-state index is 0.711. The maximum absolute atomic E-state index is 5.37. The van der Waals surface area contributed by atoms with E-state index in [0.29, 0.717) is 6.54 Å². The van der Waals surface area contributed by atoms with Crippen LogP contribution in [0.2, 0.25) is 0 Å². The van der Waals surface area contributed by atoms with E-state index in [1.54, 1.807) is 14.2 Å². The van der Waals surface area contributed by atoms with Gasteiger partial charge in [0, 0.05) is 18.8 Å². The Balaban J connectivity index is 2.08. The summed E-state index contributed by atoms with van der Waals surface area (Å²) in [4.78, 5) is 0. The fraction of sp³-hybridized carbons (Fsp3) is 0.400. The van der Waals surface area contributed by atoms with Crippen molar-refractivity contribution in [1.82, 2.24) is 9.78 Å². The van der Waals surface area contributed by atoms with E-state index in [1.165, 1.54) is 0 Å². The van der Waals surface area contributed by atoms with Gasteiger partial charge in [0.05, 0.1) is 32.1 Å². The highest BCUT2D eigenvalue weighted by atomic mass is 16.5. The van der Waals surface area contributed by atoms with Gasteiger partial charge in [-0.2, -0.15) is 5.10 Å². The summed E-state index contributed by atoms with van der Waals surface area (Å²) in [5.41, 5.74) is 2.10. The molecule has 108 valence electrons. The molecule has 0 fully saturated rings. The Bertz CT molecular complexity index is 552. The summed E-state index contributed by atoms with van der Waals surface area (Å²) in [6.07, 6.45) is 2.90. The molecule has 0 aliphatic carbocycles. The largest absolute Gasteiger partial charge is 0.497 e. The first kappa shape index (κ1) is 14.2. The number of hydrogen-bond acceptors (Lipinski definition) is 4. The number of methoxy groups -OCH3 is 2. The smallest absolute Gasteiger partial charge is 0.145 e. The molecule has 0 saturated carbocycles. The van der Waals surface area contributed by atoms with Crippen LogP contribution in [0.5, 0.6) is 11.5 Å². The van der Waals surface area contributed by atoms with Crippen molar-refractivity contribution in [2.75, 3.05) is 19.5 Å². The fourth-order valence-corrected chi connectivity index (χ4v) is 2.05. The Morgan fingerprint density at radius 3 is 2.75 bits per heavy atom. The number of nitrogens with zero attached hydrogens (tertiary/aromatic N) is 2. The van der Waals surface area contributed by atoms with Gasteiger partial charge in [-0.05, 0) is 24.6 Å². The van der Waals surface area contributed by atoms with Crippen LogP contribution in [-0.2, 0) is 13.1 Å². The molecular weight excluding hydrogens is 254 g/mol. The van der Waals surface area contributed by atoms with Gasteiger partial charge >= 0.3 is 0 Å². The van der Waals surface area contributed by atoms with E-state index < -0.39 is 0 Å². The molecule has 0 aliphatic heterocycles. The lowest BCUT2D eigenvalue weighted by Crippen LogP contribution is -2.09. The van der Waals surface area contributed by atoms with Crippen LogP contribution < -0.4 is 14.8 Å². The van der Waals surface area contributed by atoms with Crippen molar-refractivity contribution in [2.24, 2.45) is 0 Å². The topological polar surface area (TPSA) is 48.3 Å². The van der Waals surface area contributed by atoms with Gasteiger partial charge in [-0.1, -0.05) is 6.92 Å². The summed E-state index contributed by atoms with van der Waals surface area (Å²) in [6, 6.07) is 7.76. The molecule has 5 nitrogen and oxygen atoms in total. The molecular formula is C15H21N3O2. The second-order valence-electron chi connectivity index (χ2n) is 4.47. The van der Waals surface area contributed by atoms with Gasteiger partial charge in [0.1, 0.15) is 11.5 Å². The normalized spacial score (nSPS) is 10.3. The molecule has 2 aromatic rings. The van der Waals surface area contributed by atoms with Crippen molar-refractivity contribution < 1.29 is 9.47 Å². The first-order valence-corrected chi connectivity index (χ1v) is 6.75. The van der Waals surface area contributed by atoms with E-state index in [0.717, 1.165) is 35.8 Å². The highest BCUT2D eigenvalue weighted by molar-refractivity contribution is 5.59. The van der Waals surface area contributed by atoms with E-state index in [4.69, 9.17) is 9.47 Å². The molecule has 1 aromatic heterocycles. The van der Waals surface area contributed by atoms with Gasteiger partial charge in [-0.25, -0.2) is 0 Å². The quantitative estimate of drug-likeness (QED) is 0.844. The summed E-state index contributed by atoms with van der Waals surface area (Å²) in [5.74, 6) is 1.55. The summed E-state index contributed by atoms with van der Waals surface area (Å²) in [5, 5.41) is 7.69. The Kier molecular flexibility index (Phi) is 4.87. The number of ether oxygens (including phenoxy) is 2. The van der Waals surface area contributed by atoms with E-state index in [-0.39, 0.29) is 0 Å². The lowest BCUT2D eigenvalue weighted by Gasteiger charge is -2.13. The summed E-state index contributed by atoms with van der Waals surface area (Å²) in [6.45, 7) is 3.79. The highest BCUT2D eigenvalue weighted by Crippen LogP contribution is 2.29. The minimum Gasteiger partial charge on any atom is -0.497 e. The molecule has 1 N–H and O–H groups in total. The molecule has 1 aromatic carbocycles. The minimum absolute atomic E-state index is 0.711. The van der Waals surface area contributed by atoms with Crippen molar-refractivity contribution in [1.29, 1.82) is 0 Å². The third-order valence-corrected chi connectivity index (χ3v) is 3.11. The van der Waals surface area contributed by atoms with E-state index in [1.807, 2.05) is 35.1 Å². The van der Waals surface area contributed by atoms with Crippen LogP contribution in [0.3, 0.4) is 0 Å². The number of nitrogens with one attached hydrogen (secondary N) is 1. The molecule has 1 heterocycles. The number of benzene rings is 1. The molecule has 0 bridgehead atoms. The Morgan fingerprint density at radius 1 is 1.20 bits per heavy atom. The van der Waals surface area contributed by atoms with Crippen LogP contribution in [0.4, 0.5) is 5.69 Å². The SMILES string of the molecule is CCCn1nccc1CNc1ccc(OC)cc1OC. The third-order valence-electron chi connectivity index (χ3n) is 3.11. The lowest BCUT2D eigenvalue weighted by atomic mass is 10.2. The van der Waals surface area contributed by atoms with Crippen molar-refractivity contribution >= 4 is 5.69 Å². The second kappa shape index (κ2) is 6.84. The van der Waals surface area contributed by atoms with Gasteiger partial charge in [-0.3, -0.25) is 4.68 Å². The standard InChI is InChI=1S/C15H21N3O2/c1-4-9-18-12(7-8-17-18)11-16-14-6-5-13(19-2)10-15(14)20-3/h5-8,10,16H,4,9,11H2,1-3H3. The van der Waals surface area contributed by atoms with Crippen molar-refractivity contribution in [3.05, 3.63) is 36.2 Å². The number of hydrogen-bond donors (Lipinski definition) is 1. The van der Waals surface area contributed by atoms with Crippen LogP contribution in [-0.4, -0.2) is 24.0 Å². The van der Waals surface area contributed by atoms with Gasteiger partial charge in [-0.15, -0.1) is 0 Å². The van der Waals surface area contributed by atoms with Gasteiger partial charge < -0.3 is 14.8 Å². The van der Waals surface area contributed by atoms with E-state index >= 15 is 0 Å². The van der Waals surface area contributed by atoms with E-state index in [9.17, 15) is 0 Å². The highest BCUT2D eigenvalue weighted by Gasteiger charge is 2.06. The number of aromatic nitrogens is 2. The fourth-order valence-electron chi connectivity index (χ4n) is 2.05. The average Bonchev–Trinajstić information content (AvgIpc) is 2.92. The van der Waals surface area contributed by atoms with Crippen LogP contribution in [0.1, 0.15) is 19.0 Å². The molecule has 0 radical (unpaired) electrons. The number of aryl methyl sites for hydroxylation is 1. The average molecular weight is 275 g/mol. The molecule has 0 saturated heterocycles. The van der Waals surface area contributed by atoms with Gasteiger partial charge in [0.2, 0.25) is 0 Å². The Labute approximate surface area is 119 Å². The molecule has 0 atom stereocenters. The van der Waals surface area contributed by atoms with Gasteiger partial charge in [0.25, 0.3) is 0 Å². The van der Waals surface area contributed by atoms with Crippen molar-refractivity contribution in [2.45, 2.75) is 26.4 Å². The van der Waals surface area contributed by atoms with Crippen LogP contribution in [0.25, 0.3) is 0 Å². The lowest BCUT2D eigenvalue weighted by molar-refractivity contribution is 0.395. The predicted octanol–water partition coefficient (Wildman–Crippen LogP) is 2.92. The molecule has 0 amide bonds. The second-order valence-corrected chi connectivity index (χ2v) is 4.47. The third kappa shape index (κ3) is 3.23. The molecule has 0 aliphatic rings. The Morgan fingerprint density at radius 2 is 2.05 bits per heavy atom. The molecule has 0 spiro atoms. The van der Waals surface area contributed by atoms with E-state index in [2.05, 4.69) is 17.3 Å². The number of rotatable bonds is 7. The molecule has 5 heteroatoms. The zero-order valence-corrected chi connectivity index (χ0v) is 12.2. The summed E-state index contributed by atoms with van der Waals surface area (Å²) >= 11 is 0. The maximum Gasteiger partial charge on any atom is 0.145 e. The van der Waals surface area contributed by atoms with Crippen LogP contribution in [0, 0.1) is 0 Å². The zero-order valence-electron chi connectivity index (χ0n) is 12.2. The maximum atomic E-state index is 5.37. The summed E-state index contributed by atoms with van der Waals surface area (Å²) in [7, 11) is 3.30. The van der Waals surface area contributed by atoms with Crippen LogP contribution in [0.15, 0.2) is 30.5 Å². The predicted molar refractivity (Wildman–Crippen MR) is 79.4 cm³/mol. The number of anilines is 1. The monoisotopic (exact) mass is 275 g/mol.